The molecular weight excluding hydrogens is 142 g/mol. The Morgan fingerprint density at radius 2 is 1.91 bits per heavy atom. The van der Waals surface area contributed by atoms with E-state index < -0.39 is 5.72 Å². The summed E-state index contributed by atoms with van der Waals surface area (Å²) in [5.74, 6) is 0. The first kappa shape index (κ1) is 10.9. The number of hydrogen-bond donors (Lipinski definition) is 2. The fraction of sp³-hybridized carbons (Fsp3) is 1.00. The van der Waals surface area contributed by atoms with Crippen molar-refractivity contribution >= 4 is 0 Å². The third kappa shape index (κ3) is 3.70. The number of hydrogen-bond acceptors (Lipinski definition) is 3. The molecule has 0 saturated heterocycles. The van der Waals surface area contributed by atoms with Gasteiger partial charge in [-0.15, -0.1) is 0 Å². The van der Waals surface area contributed by atoms with Crippen molar-refractivity contribution in [2.24, 2.45) is 0 Å². The van der Waals surface area contributed by atoms with Crippen LogP contribution in [0, 0.1) is 0 Å². The van der Waals surface area contributed by atoms with Crippen molar-refractivity contribution in [2.45, 2.75) is 39.0 Å². The Morgan fingerprint density at radius 1 is 1.45 bits per heavy atom. The minimum atomic E-state index is -0.797. The first-order valence-electron chi connectivity index (χ1n) is 3.95. The van der Waals surface area contributed by atoms with Crippen molar-refractivity contribution in [3.63, 3.8) is 0 Å². The van der Waals surface area contributed by atoms with Gasteiger partial charge in [-0.2, -0.15) is 0 Å². The lowest BCUT2D eigenvalue weighted by molar-refractivity contribution is -0.0849. The van der Waals surface area contributed by atoms with Crippen LogP contribution in [0.4, 0.5) is 0 Å². The molecule has 0 spiro atoms. The van der Waals surface area contributed by atoms with Crippen molar-refractivity contribution in [2.75, 3.05) is 13.7 Å². The molecule has 68 valence electrons. The average Bonchev–Trinajstić information content (AvgIpc) is 1.85. The summed E-state index contributed by atoms with van der Waals surface area (Å²) in [6.07, 6.45) is 0.695. The molecule has 0 amide bonds. The average molecular weight is 161 g/mol. The Hall–Kier alpha value is -0.120. The monoisotopic (exact) mass is 161 g/mol. The van der Waals surface area contributed by atoms with Crippen LogP contribution in [-0.4, -0.2) is 40.5 Å². The smallest absolute Gasteiger partial charge is 0.112 e. The number of rotatable bonds is 4. The highest BCUT2D eigenvalue weighted by atomic mass is 16.3. The van der Waals surface area contributed by atoms with Crippen LogP contribution in [0.2, 0.25) is 0 Å². The van der Waals surface area contributed by atoms with Gasteiger partial charge in [0.1, 0.15) is 5.72 Å². The highest BCUT2D eigenvalue weighted by Gasteiger charge is 2.23. The molecule has 1 unspecified atom stereocenters. The van der Waals surface area contributed by atoms with E-state index in [4.69, 9.17) is 5.11 Å². The van der Waals surface area contributed by atoms with E-state index in [-0.39, 0.29) is 12.6 Å². The third-order valence-corrected chi connectivity index (χ3v) is 2.07. The maximum absolute atomic E-state index is 9.53. The maximum Gasteiger partial charge on any atom is 0.112 e. The number of aliphatic hydroxyl groups is 2. The zero-order valence-corrected chi connectivity index (χ0v) is 7.83. The zero-order valence-electron chi connectivity index (χ0n) is 7.83. The molecule has 0 bridgehead atoms. The second kappa shape index (κ2) is 4.04. The van der Waals surface area contributed by atoms with Crippen molar-refractivity contribution in [1.29, 1.82) is 0 Å². The summed E-state index contributed by atoms with van der Waals surface area (Å²) >= 11 is 0. The maximum atomic E-state index is 9.53. The second-order valence-corrected chi connectivity index (χ2v) is 3.47. The second-order valence-electron chi connectivity index (χ2n) is 3.47. The SMILES string of the molecule is CC(CCO)N(C)C(C)(C)O. The van der Waals surface area contributed by atoms with Crippen LogP contribution >= 0.6 is 0 Å². The molecule has 0 aromatic heterocycles. The van der Waals surface area contributed by atoms with Crippen molar-refractivity contribution in [1.82, 2.24) is 4.90 Å². The molecule has 0 aromatic rings. The fourth-order valence-electron chi connectivity index (χ4n) is 0.920. The summed E-state index contributed by atoms with van der Waals surface area (Å²) < 4.78 is 0. The van der Waals surface area contributed by atoms with Gasteiger partial charge in [-0.1, -0.05) is 0 Å². The topological polar surface area (TPSA) is 43.7 Å². The molecule has 0 rings (SSSR count). The summed E-state index contributed by atoms with van der Waals surface area (Å²) in [5.41, 5.74) is -0.797. The predicted molar refractivity (Wildman–Crippen MR) is 45.2 cm³/mol. The standard InChI is InChI=1S/C8H19NO2/c1-7(5-6-10)9(4)8(2,3)11/h7,10-11H,5-6H2,1-4H3. The summed E-state index contributed by atoms with van der Waals surface area (Å²) in [4.78, 5) is 1.84. The first-order chi connectivity index (χ1) is 4.89. The highest BCUT2D eigenvalue weighted by molar-refractivity contribution is 4.71. The van der Waals surface area contributed by atoms with Crippen LogP contribution < -0.4 is 0 Å². The first-order valence-corrected chi connectivity index (χ1v) is 3.95. The Balaban J connectivity index is 3.91. The van der Waals surface area contributed by atoms with Crippen molar-refractivity contribution in [3.8, 4) is 0 Å². The molecule has 3 nitrogen and oxygen atoms in total. The number of aliphatic hydroxyl groups excluding tert-OH is 1. The van der Waals surface area contributed by atoms with Crippen LogP contribution in [0.5, 0.6) is 0 Å². The zero-order chi connectivity index (χ0) is 9.07. The molecule has 0 aliphatic heterocycles. The molecule has 0 saturated carbocycles. The van der Waals surface area contributed by atoms with E-state index in [0.717, 1.165) is 0 Å². The van der Waals surface area contributed by atoms with Crippen molar-refractivity contribution < 1.29 is 10.2 Å². The van der Waals surface area contributed by atoms with Gasteiger partial charge in [0, 0.05) is 12.6 Å². The summed E-state index contributed by atoms with van der Waals surface area (Å²) in [5, 5.41) is 18.2. The fourth-order valence-corrected chi connectivity index (χ4v) is 0.920. The molecule has 0 heterocycles. The Morgan fingerprint density at radius 3 is 2.18 bits per heavy atom. The molecule has 0 aliphatic rings. The van der Waals surface area contributed by atoms with Gasteiger partial charge >= 0.3 is 0 Å². The lowest BCUT2D eigenvalue weighted by Crippen LogP contribution is -2.46. The van der Waals surface area contributed by atoms with Crippen molar-refractivity contribution in [3.05, 3.63) is 0 Å². The molecule has 0 aliphatic carbocycles. The van der Waals surface area contributed by atoms with E-state index in [2.05, 4.69) is 0 Å². The van der Waals surface area contributed by atoms with Gasteiger partial charge in [0.2, 0.25) is 0 Å². The Labute approximate surface area is 68.6 Å². The predicted octanol–water partition coefficient (Wildman–Crippen LogP) is 0.417. The van der Waals surface area contributed by atoms with Gasteiger partial charge in [0.05, 0.1) is 0 Å². The van der Waals surface area contributed by atoms with Gasteiger partial charge in [-0.3, -0.25) is 4.90 Å². The van der Waals surface area contributed by atoms with Crippen LogP contribution in [0.25, 0.3) is 0 Å². The lowest BCUT2D eigenvalue weighted by atomic mass is 10.1. The minimum absolute atomic E-state index is 0.168. The van der Waals surface area contributed by atoms with Crippen LogP contribution in [0.3, 0.4) is 0 Å². The van der Waals surface area contributed by atoms with E-state index in [0.29, 0.717) is 6.42 Å². The highest BCUT2D eigenvalue weighted by Crippen LogP contribution is 2.12. The molecule has 0 aromatic carbocycles. The summed E-state index contributed by atoms with van der Waals surface area (Å²) in [6, 6.07) is 0.208. The molecular formula is C8H19NO2. The van der Waals surface area contributed by atoms with E-state index >= 15 is 0 Å². The van der Waals surface area contributed by atoms with Crippen LogP contribution in [-0.2, 0) is 0 Å². The number of nitrogens with zero attached hydrogens (tertiary/aromatic N) is 1. The molecule has 11 heavy (non-hydrogen) atoms. The van der Waals surface area contributed by atoms with Gasteiger partial charge < -0.3 is 10.2 Å². The Kier molecular flexibility index (Phi) is 4.00. The molecule has 3 heteroatoms. The third-order valence-electron chi connectivity index (χ3n) is 2.07. The quantitative estimate of drug-likeness (QED) is 0.587. The molecule has 0 radical (unpaired) electrons. The van der Waals surface area contributed by atoms with E-state index in [9.17, 15) is 5.11 Å². The molecule has 2 N–H and O–H groups in total. The van der Waals surface area contributed by atoms with Gasteiger partial charge in [-0.25, -0.2) is 0 Å². The van der Waals surface area contributed by atoms with Gasteiger partial charge in [0.25, 0.3) is 0 Å². The summed E-state index contributed by atoms with van der Waals surface area (Å²) in [6.45, 7) is 5.62. The lowest BCUT2D eigenvalue weighted by Gasteiger charge is -2.35. The minimum Gasteiger partial charge on any atom is -0.396 e. The van der Waals surface area contributed by atoms with E-state index in [1.807, 2.05) is 18.9 Å². The van der Waals surface area contributed by atoms with Crippen LogP contribution in [0.15, 0.2) is 0 Å². The molecule has 0 fully saturated rings. The van der Waals surface area contributed by atoms with E-state index in [1.165, 1.54) is 0 Å². The summed E-state index contributed by atoms with van der Waals surface area (Å²) in [7, 11) is 1.85. The molecule has 1 atom stereocenters. The van der Waals surface area contributed by atoms with Gasteiger partial charge in [0.15, 0.2) is 0 Å². The van der Waals surface area contributed by atoms with E-state index in [1.54, 1.807) is 13.8 Å². The van der Waals surface area contributed by atoms with Gasteiger partial charge in [-0.05, 0) is 34.2 Å². The normalized spacial score (nSPS) is 15.5. The largest absolute Gasteiger partial charge is 0.396 e. The van der Waals surface area contributed by atoms with Crippen LogP contribution in [0.1, 0.15) is 27.2 Å². The Bertz CT molecular complexity index is 109.